The Balaban J connectivity index is 2.18. The molecule has 0 amide bonds. The average Bonchev–Trinajstić information content (AvgIpc) is 1.88. The monoisotopic (exact) mass is 196 g/mol. The molecule has 60 valence electrons. The van der Waals surface area contributed by atoms with Gasteiger partial charge < -0.3 is 4.52 Å². The predicted octanol–water partition coefficient (Wildman–Crippen LogP) is 3.51. The second-order valence-electron chi connectivity index (χ2n) is 2.18. The molecule has 0 radical (unpaired) electrons. The van der Waals surface area contributed by atoms with Crippen molar-refractivity contribution in [3.8, 4) is 0 Å². The molecule has 0 unspecified atom stereocenters. The summed E-state index contributed by atoms with van der Waals surface area (Å²) in [5.41, 5.74) is 0. The molecule has 1 aliphatic heterocycles. The highest BCUT2D eigenvalue weighted by Crippen LogP contribution is 2.66. The molecule has 1 heterocycles. The zero-order valence-corrected chi connectivity index (χ0v) is 8.90. The Bertz CT molecular complexity index is 99.7. The van der Waals surface area contributed by atoms with Crippen molar-refractivity contribution in [1.82, 2.24) is 0 Å². The summed E-state index contributed by atoms with van der Waals surface area (Å²) in [6.45, 7) is 5.06. The van der Waals surface area contributed by atoms with Crippen LogP contribution in [0.3, 0.4) is 0 Å². The van der Waals surface area contributed by atoms with Crippen LogP contribution in [-0.2, 0) is 4.52 Å². The number of hydrogen-bond donors (Lipinski definition) is 0. The van der Waals surface area contributed by atoms with Crippen LogP contribution in [0.4, 0.5) is 0 Å². The van der Waals surface area contributed by atoms with Crippen LogP contribution in [-0.4, -0.2) is 17.6 Å². The van der Waals surface area contributed by atoms with Gasteiger partial charge in [-0.15, -0.1) is 0 Å². The Morgan fingerprint density at radius 3 is 3.10 bits per heavy atom. The smallest absolute Gasteiger partial charge is 0.152 e. The standard InChI is InChI=1S/C6H13OPS2/c1-3-7-8-9-5-4-6(2)10-8/h6H,3-5H2,1-2H3/t6-,8+/m0/s1. The van der Waals surface area contributed by atoms with Gasteiger partial charge in [-0.25, -0.2) is 0 Å². The second-order valence-corrected chi connectivity index (χ2v) is 8.66. The summed E-state index contributed by atoms with van der Waals surface area (Å²) in [7, 11) is 0. The average molecular weight is 196 g/mol. The van der Waals surface area contributed by atoms with Crippen LogP contribution in [0.5, 0.6) is 0 Å². The Labute approximate surface area is 72.0 Å². The lowest BCUT2D eigenvalue weighted by Gasteiger charge is -2.24. The quantitative estimate of drug-likeness (QED) is 0.625. The molecule has 10 heavy (non-hydrogen) atoms. The minimum absolute atomic E-state index is 0.178. The van der Waals surface area contributed by atoms with Crippen molar-refractivity contribution in [2.24, 2.45) is 0 Å². The maximum Gasteiger partial charge on any atom is 0.152 e. The van der Waals surface area contributed by atoms with E-state index in [4.69, 9.17) is 4.52 Å². The minimum Gasteiger partial charge on any atom is -0.339 e. The molecule has 0 aliphatic carbocycles. The van der Waals surface area contributed by atoms with Gasteiger partial charge in [-0.1, -0.05) is 29.7 Å². The Kier molecular flexibility index (Phi) is 4.47. The van der Waals surface area contributed by atoms with Crippen molar-refractivity contribution in [3.63, 3.8) is 0 Å². The summed E-state index contributed by atoms with van der Waals surface area (Å²) in [6, 6.07) is 0. The van der Waals surface area contributed by atoms with Crippen LogP contribution in [0.1, 0.15) is 20.3 Å². The molecule has 4 heteroatoms. The lowest BCUT2D eigenvalue weighted by Crippen LogP contribution is -2.01. The molecule has 1 saturated heterocycles. The van der Waals surface area contributed by atoms with Crippen molar-refractivity contribution in [1.29, 1.82) is 0 Å². The van der Waals surface area contributed by atoms with Crippen LogP contribution in [0.2, 0.25) is 0 Å². The first-order chi connectivity index (χ1) is 4.83. The maximum absolute atomic E-state index is 5.54. The van der Waals surface area contributed by atoms with Gasteiger partial charge in [0, 0.05) is 11.0 Å². The van der Waals surface area contributed by atoms with E-state index in [9.17, 15) is 0 Å². The Morgan fingerprint density at radius 1 is 1.70 bits per heavy atom. The molecular formula is C6H13OPS2. The van der Waals surface area contributed by atoms with Crippen LogP contribution in [0.25, 0.3) is 0 Å². The molecule has 0 aromatic rings. The summed E-state index contributed by atoms with van der Waals surface area (Å²) >= 11 is 4.01. The van der Waals surface area contributed by atoms with E-state index in [0.29, 0.717) is 0 Å². The molecular weight excluding hydrogens is 183 g/mol. The molecule has 0 N–H and O–H groups in total. The zero-order chi connectivity index (χ0) is 7.40. The van der Waals surface area contributed by atoms with Crippen molar-refractivity contribution in [2.45, 2.75) is 25.5 Å². The zero-order valence-electron chi connectivity index (χ0n) is 6.37. The Morgan fingerprint density at radius 2 is 2.50 bits per heavy atom. The van der Waals surface area contributed by atoms with Gasteiger partial charge in [0.1, 0.15) is 0 Å². The fourth-order valence-electron chi connectivity index (χ4n) is 0.696. The van der Waals surface area contributed by atoms with Crippen LogP contribution >= 0.6 is 29.3 Å². The SMILES string of the molecule is CCO[P@]1SCC[C@H](C)S1. The molecule has 2 atom stereocenters. The highest BCUT2D eigenvalue weighted by atomic mass is 33.1. The molecule has 1 nitrogen and oxygen atoms in total. The van der Waals surface area contributed by atoms with E-state index in [0.717, 1.165) is 11.9 Å². The van der Waals surface area contributed by atoms with Crippen molar-refractivity contribution in [3.05, 3.63) is 0 Å². The predicted molar refractivity (Wildman–Crippen MR) is 52.7 cm³/mol. The van der Waals surface area contributed by atoms with E-state index in [1.165, 1.54) is 12.2 Å². The lowest BCUT2D eigenvalue weighted by atomic mass is 10.4. The van der Waals surface area contributed by atoms with E-state index in [1.54, 1.807) is 0 Å². The fraction of sp³-hybridized carbons (Fsp3) is 1.00. The highest BCUT2D eigenvalue weighted by Gasteiger charge is 2.20. The first-order valence-corrected chi connectivity index (χ1v) is 7.89. The molecule has 1 fully saturated rings. The lowest BCUT2D eigenvalue weighted by molar-refractivity contribution is 0.394. The van der Waals surface area contributed by atoms with Crippen LogP contribution in [0.15, 0.2) is 0 Å². The van der Waals surface area contributed by atoms with E-state index >= 15 is 0 Å². The van der Waals surface area contributed by atoms with E-state index in [2.05, 4.69) is 13.8 Å². The third-order valence-corrected chi connectivity index (χ3v) is 8.22. The molecule has 0 aromatic carbocycles. The van der Waals surface area contributed by atoms with Gasteiger partial charge in [0.2, 0.25) is 0 Å². The third-order valence-electron chi connectivity index (χ3n) is 1.22. The third kappa shape index (κ3) is 3.00. The first-order valence-electron chi connectivity index (χ1n) is 3.55. The van der Waals surface area contributed by atoms with Crippen LogP contribution in [0, 0.1) is 0 Å². The first kappa shape index (κ1) is 9.18. The summed E-state index contributed by atoms with van der Waals surface area (Å²) in [6.07, 6.45) is 1.35. The topological polar surface area (TPSA) is 9.23 Å². The Hall–Kier alpha value is 1.09. The minimum atomic E-state index is -0.178. The van der Waals surface area contributed by atoms with Gasteiger partial charge in [-0.05, 0) is 13.3 Å². The molecule has 0 aromatic heterocycles. The van der Waals surface area contributed by atoms with E-state index < -0.39 is 0 Å². The van der Waals surface area contributed by atoms with Gasteiger partial charge in [-0.3, -0.25) is 0 Å². The fourth-order valence-corrected chi connectivity index (χ4v) is 8.10. The van der Waals surface area contributed by atoms with Gasteiger partial charge in [0.15, 0.2) is 6.55 Å². The van der Waals surface area contributed by atoms with E-state index in [1.807, 2.05) is 22.8 Å². The second kappa shape index (κ2) is 4.87. The van der Waals surface area contributed by atoms with Gasteiger partial charge in [-0.2, -0.15) is 0 Å². The van der Waals surface area contributed by atoms with Gasteiger partial charge in [0.05, 0.1) is 6.61 Å². The highest BCUT2D eigenvalue weighted by molar-refractivity contribution is 8.87. The summed E-state index contributed by atoms with van der Waals surface area (Å²) in [5.74, 6) is 1.29. The van der Waals surface area contributed by atoms with Crippen molar-refractivity contribution in [2.75, 3.05) is 12.4 Å². The molecule has 0 saturated carbocycles. The molecule has 0 bridgehead atoms. The molecule has 0 spiro atoms. The van der Waals surface area contributed by atoms with Crippen LogP contribution < -0.4 is 0 Å². The van der Waals surface area contributed by atoms with Gasteiger partial charge >= 0.3 is 0 Å². The number of rotatable bonds is 2. The summed E-state index contributed by atoms with van der Waals surface area (Å²) in [5, 5.41) is 0.818. The van der Waals surface area contributed by atoms with Crippen molar-refractivity contribution >= 4 is 29.3 Å². The summed E-state index contributed by atoms with van der Waals surface area (Å²) < 4.78 is 5.54. The molecule has 1 rings (SSSR count). The van der Waals surface area contributed by atoms with Crippen molar-refractivity contribution < 1.29 is 4.52 Å². The van der Waals surface area contributed by atoms with E-state index in [-0.39, 0.29) is 6.55 Å². The normalized spacial score (nSPS) is 34.2. The molecule has 1 aliphatic rings. The largest absolute Gasteiger partial charge is 0.339 e. The number of hydrogen-bond acceptors (Lipinski definition) is 3. The maximum atomic E-state index is 5.54. The summed E-state index contributed by atoms with van der Waals surface area (Å²) in [4.78, 5) is 0. The van der Waals surface area contributed by atoms with Gasteiger partial charge in [0.25, 0.3) is 0 Å².